The summed E-state index contributed by atoms with van der Waals surface area (Å²) in [6.45, 7) is 9.65. The molecule has 12 nitrogen and oxygen atoms in total. The fourth-order valence-electron chi connectivity index (χ4n) is 9.06. The molecule has 0 aromatic heterocycles. The van der Waals surface area contributed by atoms with E-state index >= 15 is 0 Å². The smallest absolute Gasteiger partial charge is 0.407 e. The van der Waals surface area contributed by atoms with Crippen LogP contribution in [0.3, 0.4) is 0 Å². The van der Waals surface area contributed by atoms with Gasteiger partial charge in [-0.1, -0.05) is 76.2 Å². The summed E-state index contributed by atoms with van der Waals surface area (Å²) in [5.41, 5.74) is 10.2. The van der Waals surface area contributed by atoms with Gasteiger partial charge in [-0.15, -0.1) is 0 Å². The molecule has 0 unspecified atom stereocenters. The summed E-state index contributed by atoms with van der Waals surface area (Å²) >= 11 is 0. The summed E-state index contributed by atoms with van der Waals surface area (Å²) in [5, 5.41) is 5.49. The minimum atomic E-state index is -0.658. The summed E-state index contributed by atoms with van der Waals surface area (Å²) in [6.07, 6.45) is 6.50. The molecular weight excluding hydrogens is 723 g/mol. The molecule has 1 aliphatic carbocycles. The van der Waals surface area contributed by atoms with Crippen LogP contribution >= 0.6 is 0 Å². The molecule has 0 saturated carbocycles. The van der Waals surface area contributed by atoms with Gasteiger partial charge < -0.3 is 34.6 Å². The van der Waals surface area contributed by atoms with Gasteiger partial charge in [0.25, 0.3) is 0 Å². The number of carbonyl (C=O) groups excluding carboxylic acids is 4. The van der Waals surface area contributed by atoms with Crippen molar-refractivity contribution in [3.8, 4) is 11.1 Å². The van der Waals surface area contributed by atoms with Crippen molar-refractivity contribution in [2.45, 2.75) is 96.8 Å². The first-order valence-electron chi connectivity index (χ1n) is 20.3. The van der Waals surface area contributed by atoms with Gasteiger partial charge in [0.05, 0.1) is 32.9 Å². The number of carbonyl (C=O) groups is 4. The number of fused-ring (bicyclic) bond motifs is 1. The Morgan fingerprint density at radius 1 is 0.702 bits per heavy atom. The van der Waals surface area contributed by atoms with Gasteiger partial charge in [-0.25, -0.2) is 9.59 Å². The zero-order valence-electron chi connectivity index (χ0n) is 33.9. The molecular formula is C45H55N5O7. The number of nitrogens with zero attached hydrogens (tertiary/aromatic N) is 3. The summed E-state index contributed by atoms with van der Waals surface area (Å²) in [4.78, 5) is 60.1. The van der Waals surface area contributed by atoms with Crippen molar-refractivity contribution in [1.82, 2.24) is 20.4 Å². The molecule has 2 N–H and O–H groups in total. The molecule has 3 fully saturated rings. The van der Waals surface area contributed by atoms with Crippen molar-refractivity contribution in [3.05, 3.63) is 82.8 Å². The molecule has 7 rings (SSSR count). The number of methoxy groups -OCH3 is 2. The number of likely N-dealkylation sites (tertiary alicyclic amines) is 2. The lowest BCUT2D eigenvalue weighted by molar-refractivity contribution is -0.135. The summed E-state index contributed by atoms with van der Waals surface area (Å²) < 4.78 is 15.8. The number of hydrogen-bond donors (Lipinski definition) is 2. The summed E-state index contributed by atoms with van der Waals surface area (Å²) in [6, 6.07) is 15.8. The molecule has 0 radical (unpaired) electrons. The molecule has 4 amide bonds. The minimum Gasteiger partial charge on any atom is -0.493 e. The molecule has 2 aromatic rings. The van der Waals surface area contributed by atoms with Crippen LogP contribution in [-0.2, 0) is 23.8 Å². The van der Waals surface area contributed by atoms with Crippen molar-refractivity contribution in [3.63, 3.8) is 0 Å². The Hall–Kier alpha value is -5.39. The number of nitrogens with one attached hydrogen (secondary N) is 2. The Balaban J connectivity index is 0.992. The second-order valence-corrected chi connectivity index (χ2v) is 16.3. The highest BCUT2D eigenvalue weighted by Crippen LogP contribution is 2.47. The van der Waals surface area contributed by atoms with Gasteiger partial charge in [-0.3, -0.25) is 14.6 Å². The van der Waals surface area contributed by atoms with E-state index in [2.05, 4.69) is 59.2 Å². The number of rotatable bonds is 11. The van der Waals surface area contributed by atoms with Crippen LogP contribution < -0.4 is 10.6 Å². The monoisotopic (exact) mass is 777 g/mol. The molecule has 5 aliphatic rings. The fraction of sp³-hybridized carbons (Fsp3) is 0.489. The zero-order chi connectivity index (χ0) is 40.4. The number of ether oxygens (including phenoxy) is 3. The predicted octanol–water partition coefficient (Wildman–Crippen LogP) is 7.11. The van der Waals surface area contributed by atoms with Gasteiger partial charge in [0, 0.05) is 49.8 Å². The second-order valence-electron chi connectivity index (χ2n) is 16.3. The molecule has 4 atom stereocenters. The van der Waals surface area contributed by atoms with Crippen LogP contribution in [0.2, 0.25) is 0 Å². The topological polar surface area (TPSA) is 139 Å². The molecule has 4 aliphatic heterocycles. The lowest BCUT2D eigenvalue weighted by Gasteiger charge is -2.32. The second kappa shape index (κ2) is 17.0. The van der Waals surface area contributed by atoms with Gasteiger partial charge >= 0.3 is 12.2 Å². The first kappa shape index (κ1) is 39.8. The first-order chi connectivity index (χ1) is 27.5. The van der Waals surface area contributed by atoms with E-state index in [1.54, 1.807) is 0 Å². The van der Waals surface area contributed by atoms with Crippen LogP contribution in [0.5, 0.6) is 0 Å². The standard InChI is InChI=1S/C45H55N5O7/c1-26(2)39(47-44(53)55-5)42(51)49-20-7-9-37(49)35-24-34(41-33(35)19-22-57-41)31-17-15-29(16-18-31)28-11-13-30(14-12-28)32-23-36(46-25-32)38-10-8-21-50(38)43(52)40(27(3)4)48-45(54)56-6/h11-18,25-27,37-40H,7-10,19-24H2,1-6H3,(H,47,53)(H,48,54)/t37-,38-,39-,40-/m0/s1. The van der Waals surface area contributed by atoms with E-state index in [1.807, 2.05) is 43.7 Å². The third-order valence-electron chi connectivity index (χ3n) is 12.1. The van der Waals surface area contributed by atoms with Gasteiger partial charge in [0.15, 0.2) is 0 Å². The molecule has 57 heavy (non-hydrogen) atoms. The van der Waals surface area contributed by atoms with Crippen LogP contribution in [0.1, 0.15) is 83.8 Å². The van der Waals surface area contributed by atoms with Crippen LogP contribution in [-0.4, -0.2) is 97.6 Å². The SMILES string of the molecule is COC(=O)N[C@H](C(=O)N1CCC[C@H]1C1=NC=C(c2ccc(-c3ccc(C4=C5OCCC5=C([C@@H]5CCCN5C(=O)[C@@H](NC(=O)OC)C(C)C)C4)cc3)cc2)C1)C(C)C. The Kier molecular flexibility index (Phi) is 11.9. The highest BCUT2D eigenvalue weighted by Gasteiger charge is 2.42. The maximum Gasteiger partial charge on any atom is 0.407 e. The third kappa shape index (κ3) is 8.09. The van der Waals surface area contributed by atoms with Crippen molar-refractivity contribution >= 4 is 40.9 Å². The number of aliphatic imine (C=N–C) groups is 1. The molecule has 0 bridgehead atoms. The van der Waals surface area contributed by atoms with E-state index in [-0.39, 0.29) is 35.7 Å². The van der Waals surface area contributed by atoms with E-state index in [0.717, 1.165) is 83.4 Å². The molecule has 12 heteroatoms. The van der Waals surface area contributed by atoms with E-state index in [4.69, 9.17) is 19.2 Å². The van der Waals surface area contributed by atoms with Crippen molar-refractivity contribution in [2.75, 3.05) is 33.9 Å². The lowest BCUT2D eigenvalue weighted by atomic mass is 9.93. The Morgan fingerprint density at radius 3 is 1.75 bits per heavy atom. The zero-order valence-corrected chi connectivity index (χ0v) is 33.9. The summed E-state index contributed by atoms with van der Waals surface area (Å²) in [7, 11) is 2.62. The van der Waals surface area contributed by atoms with E-state index in [1.165, 1.54) is 25.4 Å². The quantitative estimate of drug-likeness (QED) is 0.248. The average molecular weight is 778 g/mol. The van der Waals surface area contributed by atoms with Crippen molar-refractivity contribution in [2.24, 2.45) is 16.8 Å². The van der Waals surface area contributed by atoms with Gasteiger partial charge in [-0.05, 0) is 76.5 Å². The Bertz CT molecular complexity index is 2010. The number of benzene rings is 2. The molecule has 4 heterocycles. The first-order valence-corrected chi connectivity index (χ1v) is 20.3. The number of amides is 4. The van der Waals surface area contributed by atoms with Gasteiger partial charge in [0.2, 0.25) is 11.8 Å². The molecule has 0 spiro atoms. The molecule has 2 aromatic carbocycles. The van der Waals surface area contributed by atoms with E-state index in [0.29, 0.717) is 26.1 Å². The summed E-state index contributed by atoms with van der Waals surface area (Å²) in [5.74, 6) is 0.639. The van der Waals surface area contributed by atoms with Crippen LogP contribution in [0.15, 0.2) is 76.6 Å². The third-order valence-corrected chi connectivity index (χ3v) is 12.1. The Labute approximate surface area is 335 Å². The van der Waals surface area contributed by atoms with E-state index in [9.17, 15) is 19.2 Å². The number of hydrogen-bond acceptors (Lipinski definition) is 8. The normalized spacial score (nSPS) is 21.4. The van der Waals surface area contributed by atoms with Crippen molar-refractivity contribution in [1.29, 1.82) is 0 Å². The van der Waals surface area contributed by atoms with Gasteiger partial charge in [-0.2, -0.15) is 0 Å². The highest BCUT2D eigenvalue weighted by molar-refractivity contribution is 6.04. The maximum atomic E-state index is 13.8. The lowest BCUT2D eigenvalue weighted by Crippen LogP contribution is -2.53. The average Bonchev–Trinajstić information content (AvgIpc) is 4.07. The van der Waals surface area contributed by atoms with Crippen LogP contribution in [0.25, 0.3) is 22.3 Å². The Morgan fingerprint density at radius 2 is 1.21 bits per heavy atom. The predicted molar refractivity (Wildman–Crippen MR) is 219 cm³/mol. The molecule has 302 valence electrons. The fourth-order valence-corrected chi connectivity index (χ4v) is 9.06. The largest absolute Gasteiger partial charge is 0.493 e. The highest BCUT2D eigenvalue weighted by atomic mass is 16.5. The van der Waals surface area contributed by atoms with Gasteiger partial charge in [0.1, 0.15) is 17.8 Å². The maximum absolute atomic E-state index is 13.8. The van der Waals surface area contributed by atoms with Crippen molar-refractivity contribution < 1.29 is 33.4 Å². The number of allylic oxidation sites excluding steroid dienone is 3. The van der Waals surface area contributed by atoms with Crippen LogP contribution in [0.4, 0.5) is 9.59 Å². The van der Waals surface area contributed by atoms with Crippen LogP contribution in [0, 0.1) is 11.8 Å². The minimum absolute atomic E-state index is 0.0243. The number of alkyl carbamates (subject to hydrolysis) is 2. The van der Waals surface area contributed by atoms with E-state index < -0.39 is 24.3 Å². The molecule has 3 saturated heterocycles.